The van der Waals surface area contributed by atoms with Crippen LogP contribution in [-0.4, -0.2) is 27.3 Å². The van der Waals surface area contributed by atoms with Gasteiger partial charge in [0.1, 0.15) is 5.75 Å². The van der Waals surface area contributed by atoms with Gasteiger partial charge in [0.05, 0.1) is 12.7 Å². The van der Waals surface area contributed by atoms with Crippen molar-refractivity contribution < 1.29 is 4.74 Å². The predicted molar refractivity (Wildman–Crippen MR) is 73.7 cm³/mol. The largest absolute Gasteiger partial charge is 0.496 e. The number of aromatic nitrogens is 4. The number of hydrogen-bond acceptors (Lipinski definition) is 5. The van der Waals surface area contributed by atoms with Crippen molar-refractivity contribution in [2.45, 2.75) is 26.8 Å². The van der Waals surface area contributed by atoms with Crippen LogP contribution in [0, 0.1) is 5.92 Å². The van der Waals surface area contributed by atoms with E-state index >= 15 is 0 Å². The Kier molecular flexibility index (Phi) is 3.99. The SMILES string of the molecule is CCC(C)Cn1nnnc1-c1c(N)cccc1OC. The number of nitrogens with two attached hydrogens (primary N) is 1. The molecule has 0 aliphatic carbocycles. The Bertz CT molecular complexity index is 552. The Morgan fingerprint density at radius 3 is 2.89 bits per heavy atom. The molecule has 2 N–H and O–H groups in total. The van der Waals surface area contributed by atoms with Gasteiger partial charge in [-0.1, -0.05) is 26.3 Å². The highest BCUT2D eigenvalue weighted by Gasteiger charge is 2.17. The number of tetrazole rings is 1. The van der Waals surface area contributed by atoms with Crippen molar-refractivity contribution in [3.05, 3.63) is 18.2 Å². The molecular weight excluding hydrogens is 242 g/mol. The maximum atomic E-state index is 6.03. The molecule has 0 aliphatic rings. The minimum Gasteiger partial charge on any atom is -0.496 e. The zero-order valence-electron chi connectivity index (χ0n) is 11.5. The summed E-state index contributed by atoms with van der Waals surface area (Å²) in [7, 11) is 1.61. The molecule has 1 atom stereocenters. The van der Waals surface area contributed by atoms with Gasteiger partial charge >= 0.3 is 0 Å². The van der Waals surface area contributed by atoms with Crippen molar-refractivity contribution in [3.8, 4) is 17.1 Å². The Hall–Kier alpha value is -2.11. The van der Waals surface area contributed by atoms with E-state index in [4.69, 9.17) is 10.5 Å². The van der Waals surface area contributed by atoms with Crippen molar-refractivity contribution in [2.75, 3.05) is 12.8 Å². The summed E-state index contributed by atoms with van der Waals surface area (Å²) in [6.45, 7) is 5.07. The van der Waals surface area contributed by atoms with E-state index in [1.54, 1.807) is 11.8 Å². The summed E-state index contributed by atoms with van der Waals surface area (Å²) in [6, 6.07) is 5.52. The number of benzene rings is 1. The fraction of sp³-hybridized carbons (Fsp3) is 0.462. The molecule has 0 radical (unpaired) electrons. The van der Waals surface area contributed by atoms with E-state index in [1.165, 1.54) is 0 Å². The molecule has 1 aromatic heterocycles. The van der Waals surface area contributed by atoms with Crippen molar-refractivity contribution >= 4 is 5.69 Å². The number of anilines is 1. The quantitative estimate of drug-likeness (QED) is 0.832. The third kappa shape index (κ3) is 2.67. The minimum absolute atomic E-state index is 0.498. The van der Waals surface area contributed by atoms with E-state index in [1.807, 2.05) is 18.2 Å². The highest BCUT2D eigenvalue weighted by atomic mass is 16.5. The summed E-state index contributed by atoms with van der Waals surface area (Å²) < 4.78 is 7.13. The summed E-state index contributed by atoms with van der Waals surface area (Å²) >= 11 is 0. The molecule has 19 heavy (non-hydrogen) atoms. The van der Waals surface area contributed by atoms with Crippen molar-refractivity contribution in [1.29, 1.82) is 0 Å². The van der Waals surface area contributed by atoms with Crippen molar-refractivity contribution in [2.24, 2.45) is 5.92 Å². The first-order valence-electron chi connectivity index (χ1n) is 6.36. The molecule has 1 aromatic carbocycles. The van der Waals surface area contributed by atoms with Crippen LogP contribution in [0.5, 0.6) is 5.75 Å². The molecule has 1 heterocycles. The maximum Gasteiger partial charge on any atom is 0.187 e. The summed E-state index contributed by atoms with van der Waals surface area (Å²) in [6.07, 6.45) is 1.07. The van der Waals surface area contributed by atoms with Crippen LogP contribution in [0.3, 0.4) is 0 Å². The monoisotopic (exact) mass is 261 g/mol. The fourth-order valence-electron chi connectivity index (χ4n) is 1.89. The molecule has 1 unspecified atom stereocenters. The van der Waals surface area contributed by atoms with E-state index in [0.29, 0.717) is 23.2 Å². The van der Waals surface area contributed by atoms with Crippen LogP contribution in [0.1, 0.15) is 20.3 Å². The number of ether oxygens (including phenoxy) is 1. The highest BCUT2D eigenvalue weighted by molar-refractivity contribution is 5.77. The summed E-state index contributed by atoms with van der Waals surface area (Å²) in [5.74, 6) is 1.83. The van der Waals surface area contributed by atoms with Gasteiger partial charge in [-0.25, -0.2) is 4.68 Å². The van der Waals surface area contributed by atoms with E-state index in [2.05, 4.69) is 29.4 Å². The zero-order chi connectivity index (χ0) is 13.8. The van der Waals surface area contributed by atoms with Crippen LogP contribution >= 0.6 is 0 Å². The predicted octanol–water partition coefficient (Wildman–Crippen LogP) is 1.98. The Morgan fingerprint density at radius 1 is 1.42 bits per heavy atom. The first kappa shape index (κ1) is 13.3. The Labute approximate surface area is 112 Å². The number of methoxy groups -OCH3 is 1. The lowest BCUT2D eigenvalue weighted by Gasteiger charge is -2.13. The number of nitrogens with zero attached hydrogens (tertiary/aromatic N) is 4. The van der Waals surface area contributed by atoms with Gasteiger partial charge in [0, 0.05) is 12.2 Å². The Morgan fingerprint density at radius 2 is 2.21 bits per heavy atom. The molecule has 0 aliphatic heterocycles. The van der Waals surface area contributed by atoms with Gasteiger partial charge in [0.25, 0.3) is 0 Å². The van der Waals surface area contributed by atoms with Crippen LogP contribution in [-0.2, 0) is 6.54 Å². The second-order valence-corrected chi connectivity index (χ2v) is 4.62. The molecule has 102 valence electrons. The summed E-state index contributed by atoms with van der Waals surface area (Å²) in [5.41, 5.74) is 7.39. The zero-order valence-corrected chi connectivity index (χ0v) is 11.5. The normalized spacial score (nSPS) is 12.4. The molecule has 0 fully saturated rings. The van der Waals surface area contributed by atoms with E-state index in [-0.39, 0.29) is 0 Å². The highest BCUT2D eigenvalue weighted by Crippen LogP contribution is 2.33. The molecule has 6 nitrogen and oxygen atoms in total. The molecule has 2 rings (SSSR count). The number of rotatable bonds is 5. The molecule has 2 aromatic rings. The fourth-order valence-corrected chi connectivity index (χ4v) is 1.89. The average molecular weight is 261 g/mol. The number of hydrogen-bond donors (Lipinski definition) is 1. The van der Waals surface area contributed by atoms with E-state index < -0.39 is 0 Å². The maximum absolute atomic E-state index is 6.03. The van der Waals surface area contributed by atoms with Crippen LogP contribution in [0.4, 0.5) is 5.69 Å². The van der Waals surface area contributed by atoms with E-state index in [9.17, 15) is 0 Å². The molecule has 0 bridgehead atoms. The summed E-state index contributed by atoms with van der Waals surface area (Å²) in [4.78, 5) is 0. The van der Waals surface area contributed by atoms with Crippen molar-refractivity contribution in [3.63, 3.8) is 0 Å². The van der Waals surface area contributed by atoms with Gasteiger partial charge in [-0.3, -0.25) is 0 Å². The molecule has 0 amide bonds. The van der Waals surface area contributed by atoms with Gasteiger partial charge in [0.15, 0.2) is 5.82 Å². The lowest BCUT2D eigenvalue weighted by molar-refractivity contribution is 0.413. The third-order valence-electron chi connectivity index (χ3n) is 3.22. The van der Waals surface area contributed by atoms with Crippen LogP contribution in [0.2, 0.25) is 0 Å². The van der Waals surface area contributed by atoms with Gasteiger partial charge in [-0.15, -0.1) is 5.10 Å². The van der Waals surface area contributed by atoms with Gasteiger partial charge < -0.3 is 10.5 Å². The summed E-state index contributed by atoms with van der Waals surface area (Å²) in [5, 5.41) is 11.9. The Balaban J connectivity index is 2.45. The first-order chi connectivity index (χ1) is 9.17. The van der Waals surface area contributed by atoms with Crippen molar-refractivity contribution in [1.82, 2.24) is 20.2 Å². The van der Waals surface area contributed by atoms with Gasteiger partial charge in [0.2, 0.25) is 0 Å². The third-order valence-corrected chi connectivity index (χ3v) is 3.22. The second-order valence-electron chi connectivity index (χ2n) is 4.62. The molecule has 0 spiro atoms. The van der Waals surface area contributed by atoms with Gasteiger partial charge in [-0.05, 0) is 28.5 Å². The smallest absolute Gasteiger partial charge is 0.187 e. The number of nitrogen functional groups attached to an aromatic ring is 1. The second kappa shape index (κ2) is 5.69. The van der Waals surface area contributed by atoms with Gasteiger partial charge in [-0.2, -0.15) is 0 Å². The molecule has 0 saturated heterocycles. The molecule has 0 saturated carbocycles. The standard InChI is InChI=1S/C13H19N5O/c1-4-9(2)8-18-13(15-16-17-18)12-10(14)6-5-7-11(12)19-3/h5-7,9H,4,8,14H2,1-3H3. The first-order valence-corrected chi connectivity index (χ1v) is 6.36. The lowest BCUT2D eigenvalue weighted by atomic mass is 10.1. The van der Waals surface area contributed by atoms with E-state index in [0.717, 1.165) is 18.5 Å². The van der Waals surface area contributed by atoms with Crippen LogP contribution in [0.25, 0.3) is 11.4 Å². The van der Waals surface area contributed by atoms with Crippen LogP contribution < -0.4 is 10.5 Å². The molecular formula is C13H19N5O. The molecule has 6 heteroatoms. The lowest BCUT2D eigenvalue weighted by Crippen LogP contribution is -2.11. The topological polar surface area (TPSA) is 78.9 Å². The van der Waals surface area contributed by atoms with Crippen LogP contribution in [0.15, 0.2) is 18.2 Å². The minimum atomic E-state index is 0.498. The average Bonchev–Trinajstić information content (AvgIpc) is 2.85.